The molecule has 1 N–H and O–H groups in total. The van der Waals surface area contributed by atoms with Crippen molar-refractivity contribution in [2.75, 3.05) is 0 Å². The van der Waals surface area contributed by atoms with Gasteiger partial charge in [0.25, 0.3) is 0 Å². The van der Waals surface area contributed by atoms with Gasteiger partial charge in [0.1, 0.15) is 0 Å². The third-order valence-electron chi connectivity index (χ3n) is 3.88. The highest BCUT2D eigenvalue weighted by Gasteiger charge is 2.34. The van der Waals surface area contributed by atoms with E-state index in [1.54, 1.807) is 0 Å². The molecule has 1 aliphatic carbocycles. The van der Waals surface area contributed by atoms with Crippen molar-refractivity contribution in [2.45, 2.75) is 64.2 Å². The van der Waals surface area contributed by atoms with E-state index >= 15 is 0 Å². The highest BCUT2D eigenvalue weighted by molar-refractivity contribution is 9.10. The molecule has 0 spiro atoms. The molecule has 0 saturated heterocycles. The van der Waals surface area contributed by atoms with E-state index in [0.29, 0.717) is 17.9 Å². The number of hydrogen-bond donors (Lipinski definition) is 1. The third kappa shape index (κ3) is 4.27. The molecule has 0 aromatic heterocycles. The second-order valence-corrected chi connectivity index (χ2v) is 8.36. The first-order valence-electron chi connectivity index (χ1n) is 6.71. The molecule has 0 radical (unpaired) electrons. The van der Waals surface area contributed by atoms with E-state index in [-0.39, 0.29) is 5.91 Å². The van der Waals surface area contributed by atoms with Crippen molar-refractivity contribution in [3.63, 3.8) is 0 Å². The zero-order valence-electron chi connectivity index (χ0n) is 11.7. The maximum atomic E-state index is 12.0. The monoisotopic (exact) mass is 303 g/mol. The number of halogens is 1. The predicted molar refractivity (Wildman–Crippen MR) is 76.3 cm³/mol. The van der Waals surface area contributed by atoms with Gasteiger partial charge in [0, 0.05) is 6.04 Å². The molecule has 3 unspecified atom stereocenters. The summed E-state index contributed by atoms with van der Waals surface area (Å²) < 4.78 is -0.463. The molecule has 0 aliphatic heterocycles. The lowest BCUT2D eigenvalue weighted by atomic mass is 9.74. The average Bonchev–Trinajstić information content (AvgIpc) is 2.15. The number of carbonyl (C=O) groups is 1. The van der Waals surface area contributed by atoms with Gasteiger partial charge in [0.05, 0.1) is 4.32 Å². The van der Waals surface area contributed by atoms with Gasteiger partial charge in [0.2, 0.25) is 5.91 Å². The summed E-state index contributed by atoms with van der Waals surface area (Å²) in [6.45, 7) is 10.6. The molecule has 0 aromatic carbocycles. The van der Waals surface area contributed by atoms with Crippen molar-refractivity contribution >= 4 is 21.8 Å². The Morgan fingerprint density at radius 3 is 2.41 bits per heavy atom. The van der Waals surface area contributed by atoms with E-state index in [4.69, 9.17) is 0 Å². The van der Waals surface area contributed by atoms with Gasteiger partial charge in [0.15, 0.2) is 0 Å². The molecular formula is C14H26BrNO. The maximum absolute atomic E-state index is 12.0. The lowest BCUT2D eigenvalue weighted by Gasteiger charge is -2.38. The van der Waals surface area contributed by atoms with Gasteiger partial charge < -0.3 is 5.32 Å². The number of hydrogen-bond acceptors (Lipinski definition) is 1. The van der Waals surface area contributed by atoms with Crippen LogP contribution >= 0.6 is 15.9 Å². The van der Waals surface area contributed by atoms with Gasteiger partial charge in [-0.3, -0.25) is 4.79 Å². The topological polar surface area (TPSA) is 29.1 Å². The molecule has 100 valence electrons. The van der Waals surface area contributed by atoms with Crippen LogP contribution in [-0.4, -0.2) is 16.3 Å². The second-order valence-electron chi connectivity index (χ2n) is 6.38. The van der Waals surface area contributed by atoms with Crippen LogP contribution in [-0.2, 0) is 4.79 Å². The van der Waals surface area contributed by atoms with Crippen LogP contribution in [0.5, 0.6) is 0 Å². The Labute approximate surface area is 114 Å². The van der Waals surface area contributed by atoms with E-state index in [9.17, 15) is 4.79 Å². The number of rotatable bonds is 3. The Kier molecular flexibility index (Phi) is 5.06. The van der Waals surface area contributed by atoms with Gasteiger partial charge in [-0.25, -0.2) is 0 Å². The molecule has 1 rings (SSSR count). The van der Waals surface area contributed by atoms with Crippen LogP contribution in [0.3, 0.4) is 0 Å². The smallest absolute Gasteiger partial charge is 0.236 e. The zero-order chi connectivity index (χ0) is 13.2. The second kappa shape index (κ2) is 5.73. The Balaban J connectivity index is 2.67. The molecule has 17 heavy (non-hydrogen) atoms. The normalized spacial score (nSPS) is 30.4. The van der Waals surface area contributed by atoms with Crippen LogP contribution in [0.4, 0.5) is 0 Å². The van der Waals surface area contributed by atoms with Gasteiger partial charge >= 0.3 is 0 Å². The molecule has 2 nitrogen and oxygen atoms in total. The third-order valence-corrected chi connectivity index (χ3v) is 4.24. The molecule has 1 aliphatic rings. The van der Waals surface area contributed by atoms with Gasteiger partial charge in [-0.05, 0) is 44.4 Å². The fourth-order valence-corrected chi connectivity index (χ4v) is 2.82. The average molecular weight is 304 g/mol. The lowest BCUT2D eigenvalue weighted by Crippen LogP contribution is -2.50. The largest absolute Gasteiger partial charge is 0.352 e. The van der Waals surface area contributed by atoms with Crippen LogP contribution < -0.4 is 5.32 Å². The van der Waals surface area contributed by atoms with Crippen molar-refractivity contribution in [1.82, 2.24) is 5.32 Å². The quantitative estimate of drug-likeness (QED) is 0.791. The fourth-order valence-electron chi connectivity index (χ4n) is 2.71. The van der Waals surface area contributed by atoms with E-state index in [0.717, 1.165) is 12.3 Å². The first kappa shape index (κ1) is 15.0. The van der Waals surface area contributed by atoms with Crippen LogP contribution in [0.1, 0.15) is 53.9 Å². The number of carbonyl (C=O) groups excluding carboxylic acids is 1. The molecule has 3 heteroatoms. The van der Waals surface area contributed by atoms with Crippen molar-refractivity contribution in [1.29, 1.82) is 0 Å². The van der Waals surface area contributed by atoms with Crippen molar-refractivity contribution in [3.8, 4) is 0 Å². The van der Waals surface area contributed by atoms with Gasteiger partial charge in [-0.1, -0.05) is 43.1 Å². The molecule has 1 fully saturated rings. The van der Waals surface area contributed by atoms with Crippen LogP contribution in [0.2, 0.25) is 0 Å². The summed E-state index contributed by atoms with van der Waals surface area (Å²) in [6.07, 6.45) is 3.66. The Bertz CT molecular complexity index is 270. The van der Waals surface area contributed by atoms with Crippen molar-refractivity contribution in [3.05, 3.63) is 0 Å². The van der Waals surface area contributed by atoms with Crippen molar-refractivity contribution < 1.29 is 4.79 Å². The summed E-state index contributed by atoms with van der Waals surface area (Å²) in [5, 5.41) is 3.23. The minimum Gasteiger partial charge on any atom is -0.352 e. The summed E-state index contributed by atoms with van der Waals surface area (Å²) in [6, 6.07) is 0.350. The van der Waals surface area contributed by atoms with E-state index in [1.165, 1.54) is 12.8 Å². The van der Waals surface area contributed by atoms with Crippen LogP contribution in [0.15, 0.2) is 0 Å². The summed E-state index contributed by atoms with van der Waals surface area (Å²) in [7, 11) is 0. The summed E-state index contributed by atoms with van der Waals surface area (Å²) in [5.41, 5.74) is 0. The molecular weight excluding hydrogens is 278 g/mol. The number of amides is 1. The van der Waals surface area contributed by atoms with E-state index in [2.05, 4.69) is 42.0 Å². The molecule has 1 amide bonds. The first-order chi connectivity index (χ1) is 7.71. The summed E-state index contributed by atoms with van der Waals surface area (Å²) in [4.78, 5) is 12.0. The van der Waals surface area contributed by atoms with E-state index < -0.39 is 4.32 Å². The fraction of sp³-hybridized carbons (Fsp3) is 0.929. The standard InChI is InChI=1S/C14H26BrNO/c1-9(2)11-7-6-10(3)8-12(11)16-13(17)14(4,5)15/h9-12H,6-8H2,1-5H3,(H,16,17). The maximum Gasteiger partial charge on any atom is 0.236 e. The molecule has 0 heterocycles. The van der Waals surface area contributed by atoms with Crippen LogP contribution in [0.25, 0.3) is 0 Å². The highest BCUT2D eigenvalue weighted by Crippen LogP contribution is 2.34. The minimum absolute atomic E-state index is 0.113. The Hall–Kier alpha value is -0.0500. The van der Waals surface area contributed by atoms with Crippen molar-refractivity contribution in [2.24, 2.45) is 17.8 Å². The summed E-state index contributed by atoms with van der Waals surface area (Å²) >= 11 is 3.43. The van der Waals surface area contributed by atoms with Gasteiger partial charge in [-0.2, -0.15) is 0 Å². The molecule has 1 saturated carbocycles. The summed E-state index contributed by atoms with van der Waals surface area (Å²) in [5.74, 6) is 2.12. The van der Waals surface area contributed by atoms with Gasteiger partial charge in [-0.15, -0.1) is 0 Å². The molecule has 0 bridgehead atoms. The lowest BCUT2D eigenvalue weighted by molar-refractivity contribution is -0.124. The van der Waals surface area contributed by atoms with E-state index in [1.807, 2.05) is 13.8 Å². The number of alkyl halides is 1. The molecule has 0 aromatic rings. The van der Waals surface area contributed by atoms with Crippen LogP contribution in [0, 0.1) is 17.8 Å². The first-order valence-corrected chi connectivity index (χ1v) is 7.51. The Morgan fingerprint density at radius 2 is 1.94 bits per heavy atom. The highest BCUT2D eigenvalue weighted by atomic mass is 79.9. The SMILES string of the molecule is CC1CCC(C(C)C)C(NC(=O)C(C)(C)Br)C1. The Morgan fingerprint density at radius 1 is 1.35 bits per heavy atom. The predicted octanol–water partition coefficient (Wildman–Crippen LogP) is 3.74. The number of nitrogens with one attached hydrogen (secondary N) is 1. The minimum atomic E-state index is -0.463. The zero-order valence-corrected chi connectivity index (χ0v) is 13.3. The molecule has 3 atom stereocenters.